The number of methoxy groups -OCH3 is 1. The number of carboxylic acids is 1. The number of ether oxygens (including phenoxy) is 2. The lowest BCUT2D eigenvalue weighted by molar-refractivity contribution is -0.137. The first kappa shape index (κ1) is 19.6. The van der Waals surface area contributed by atoms with E-state index >= 15 is 0 Å². The number of carbonyl (C=O) groups is 1. The van der Waals surface area contributed by atoms with Crippen LogP contribution >= 0.6 is 11.8 Å². The molecule has 1 aliphatic carbocycles. The van der Waals surface area contributed by atoms with E-state index in [0.29, 0.717) is 12.5 Å². The Labute approximate surface area is 164 Å². The zero-order valence-electron chi connectivity index (χ0n) is 15.6. The average Bonchev–Trinajstić information content (AvgIpc) is 3.19. The smallest absolute Gasteiger partial charge is 0.303 e. The van der Waals surface area contributed by atoms with Gasteiger partial charge in [-0.1, -0.05) is 12.1 Å². The predicted molar refractivity (Wildman–Crippen MR) is 109 cm³/mol. The summed E-state index contributed by atoms with van der Waals surface area (Å²) in [6, 6.07) is 14.4. The Balaban J connectivity index is 1.71. The summed E-state index contributed by atoms with van der Waals surface area (Å²) in [6.07, 6.45) is 5.89. The fraction of sp³-hybridized carbons (Fsp3) is 0.409. The lowest BCUT2D eigenvalue weighted by Crippen LogP contribution is -2.11. The molecule has 0 atom stereocenters. The molecule has 0 radical (unpaired) electrons. The van der Waals surface area contributed by atoms with Gasteiger partial charge in [0.15, 0.2) is 0 Å². The second-order valence-corrected chi connectivity index (χ2v) is 7.92. The lowest BCUT2D eigenvalue weighted by Gasteiger charge is -2.18. The van der Waals surface area contributed by atoms with E-state index in [9.17, 15) is 4.79 Å². The molecule has 2 aromatic rings. The molecule has 0 unspecified atom stereocenters. The Morgan fingerprint density at radius 1 is 1.15 bits per heavy atom. The molecule has 0 saturated heterocycles. The van der Waals surface area contributed by atoms with Gasteiger partial charge in [0.05, 0.1) is 13.2 Å². The van der Waals surface area contributed by atoms with Crippen LogP contribution < -0.4 is 9.47 Å². The molecule has 4 nitrogen and oxygen atoms in total. The van der Waals surface area contributed by atoms with Gasteiger partial charge in [0.2, 0.25) is 0 Å². The first-order valence-electron chi connectivity index (χ1n) is 9.45. The van der Waals surface area contributed by atoms with Crippen molar-refractivity contribution in [2.45, 2.75) is 49.5 Å². The summed E-state index contributed by atoms with van der Waals surface area (Å²) in [5, 5.41) is 8.71. The van der Waals surface area contributed by atoms with E-state index in [2.05, 4.69) is 30.3 Å². The van der Waals surface area contributed by atoms with Crippen molar-refractivity contribution in [2.24, 2.45) is 0 Å². The summed E-state index contributed by atoms with van der Waals surface area (Å²) in [4.78, 5) is 11.7. The number of carboxylic acid groups (broad SMARTS) is 1. The van der Waals surface area contributed by atoms with Crippen molar-refractivity contribution in [1.82, 2.24) is 0 Å². The van der Waals surface area contributed by atoms with Crippen LogP contribution in [0, 0.1) is 0 Å². The molecule has 1 aliphatic rings. The van der Waals surface area contributed by atoms with Crippen LogP contribution in [0.4, 0.5) is 0 Å². The second kappa shape index (κ2) is 9.70. The van der Waals surface area contributed by atoms with Gasteiger partial charge < -0.3 is 14.6 Å². The largest absolute Gasteiger partial charge is 0.497 e. The molecule has 0 aliphatic heterocycles. The number of benzene rings is 2. The maximum Gasteiger partial charge on any atom is 0.303 e. The number of rotatable bonds is 9. The zero-order chi connectivity index (χ0) is 19.1. The van der Waals surface area contributed by atoms with Crippen LogP contribution in [0.25, 0.3) is 11.1 Å². The molecule has 0 aromatic heterocycles. The standard InChI is InChI=1S/C22H26O4S/c1-25-18-10-13-20(21(15-18)26-17-5-2-3-6-17)16-8-11-19(12-9-16)27-14-4-7-22(23)24/h8-13,15,17H,2-7,14H2,1H3,(H,23,24). The number of thioether (sulfide) groups is 1. The average molecular weight is 387 g/mol. The van der Waals surface area contributed by atoms with E-state index in [1.54, 1.807) is 18.9 Å². The molecule has 0 spiro atoms. The summed E-state index contributed by atoms with van der Waals surface area (Å²) in [6.45, 7) is 0. The van der Waals surface area contributed by atoms with Crippen molar-refractivity contribution in [1.29, 1.82) is 0 Å². The van der Waals surface area contributed by atoms with E-state index < -0.39 is 5.97 Å². The first-order valence-corrected chi connectivity index (χ1v) is 10.4. The molecule has 0 bridgehead atoms. The third kappa shape index (κ3) is 5.67. The molecule has 0 amide bonds. The van der Waals surface area contributed by atoms with Crippen molar-refractivity contribution < 1.29 is 19.4 Å². The highest BCUT2D eigenvalue weighted by Crippen LogP contribution is 2.36. The number of aliphatic carboxylic acids is 1. The summed E-state index contributed by atoms with van der Waals surface area (Å²) >= 11 is 1.69. The van der Waals surface area contributed by atoms with Gasteiger partial charge in [-0.2, -0.15) is 0 Å². The maximum absolute atomic E-state index is 10.6. The van der Waals surface area contributed by atoms with Gasteiger partial charge in [-0.05, 0) is 67.7 Å². The maximum atomic E-state index is 10.6. The van der Waals surface area contributed by atoms with Gasteiger partial charge in [-0.15, -0.1) is 11.8 Å². The van der Waals surface area contributed by atoms with E-state index in [0.717, 1.165) is 46.1 Å². The molecular formula is C22H26O4S. The number of hydrogen-bond acceptors (Lipinski definition) is 4. The molecule has 1 N–H and O–H groups in total. The predicted octanol–water partition coefficient (Wildman–Crippen LogP) is 5.64. The molecular weight excluding hydrogens is 360 g/mol. The second-order valence-electron chi connectivity index (χ2n) is 6.76. The van der Waals surface area contributed by atoms with Crippen LogP contribution in [0.2, 0.25) is 0 Å². The van der Waals surface area contributed by atoms with Crippen molar-refractivity contribution >= 4 is 17.7 Å². The monoisotopic (exact) mass is 386 g/mol. The Hall–Kier alpha value is -2.14. The van der Waals surface area contributed by atoms with Gasteiger partial charge >= 0.3 is 5.97 Å². The van der Waals surface area contributed by atoms with Gasteiger partial charge in [-0.3, -0.25) is 4.79 Å². The fourth-order valence-electron chi connectivity index (χ4n) is 3.30. The minimum atomic E-state index is -0.736. The third-order valence-corrected chi connectivity index (χ3v) is 5.85. The highest BCUT2D eigenvalue weighted by molar-refractivity contribution is 7.99. The van der Waals surface area contributed by atoms with E-state index in [-0.39, 0.29) is 6.42 Å². The molecule has 1 saturated carbocycles. The van der Waals surface area contributed by atoms with Gasteiger partial charge in [0.1, 0.15) is 11.5 Å². The van der Waals surface area contributed by atoms with Crippen LogP contribution in [0.15, 0.2) is 47.4 Å². The highest BCUT2D eigenvalue weighted by atomic mass is 32.2. The van der Waals surface area contributed by atoms with Crippen LogP contribution in [-0.4, -0.2) is 30.0 Å². The minimum absolute atomic E-state index is 0.221. The van der Waals surface area contributed by atoms with Crippen molar-refractivity contribution in [3.8, 4) is 22.6 Å². The summed E-state index contributed by atoms with van der Waals surface area (Å²) in [5.74, 6) is 1.75. The Morgan fingerprint density at radius 2 is 1.89 bits per heavy atom. The molecule has 5 heteroatoms. The van der Waals surface area contributed by atoms with Crippen molar-refractivity contribution in [3.63, 3.8) is 0 Å². The Morgan fingerprint density at radius 3 is 2.56 bits per heavy atom. The fourth-order valence-corrected chi connectivity index (χ4v) is 4.15. The van der Waals surface area contributed by atoms with Gasteiger partial charge in [0.25, 0.3) is 0 Å². The quantitative estimate of drug-likeness (QED) is 0.446. The first-order chi connectivity index (χ1) is 13.2. The molecule has 0 heterocycles. The number of hydrogen-bond donors (Lipinski definition) is 1. The summed E-state index contributed by atoms with van der Waals surface area (Å²) in [7, 11) is 1.67. The van der Waals surface area contributed by atoms with E-state index in [1.807, 2.05) is 12.1 Å². The molecule has 3 rings (SSSR count). The summed E-state index contributed by atoms with van der Waals surface area (Å²) < 4.78 is 11.7. The molecule has 1 fully saturated rings. The SMILES string of the molecule is COc1ccc(-c2ccc(SCCCC(=O)O)cc2)c(OC2CCCC2)c1. The highest BCUT2D eigenvalue weighted by Gasteiger charge is 2.19. The topological polar surface area (TPSA) is 55.8 Å². The van der Waals surface area contributed by atoms with Crippen LogP contribution in [0.5, 0.6) is 11.5 Å². The summed E-state index contributed by atoms with van der Waals surface area (Å²) in [5.41, 5.74) is 2.19. The van der Waals surface area contributed by atoms with Crippen molar-refractivity contribution in [3.05, 3.63) is 42.5 Å². The minimum Gasteiger partial charge on any atom is -0.497 e. The van der Waals surface area contributed by atoms with Crippen LogP contribution in [0.1, 0.15) is 38.5 Å². The molecule has 144 valence electrons. The van der Waals surface area contributed by atoms with E-state index in [4.69, 9.17) is 14.6 Å². The third-order valence-electron chi connectivity index (χ3n) is 4.75. The van der Waals surface area contributed by atoms with E-state index in [1.165, 1.54) is 12.8 Å². The van der Waals surface area contributed by atoms with Crippen LogP contribution in [-0.2, 0) is 4.79 Å². The van der Waals surface area contributed by atoms with Gasteiger partial charge in [0, 0.05) is 22.9 Å². The Kier molecular flexibility index (Phi) is 7.04. The normalized spacial score (nSPS) is 14.3. The molecule has 2 aromatic carbocycles. The lowest BCUT2D eigenvalue weighted by atomic mass is 10.0. The Bertz CT molecular complexity index is 751. The van der Waals surface area contributed by atoms with Gasteiger partial charge in [-0.25, -0.2) is 0 Å². The molecule has 27 heavy (non-hydrogen) atoms. The van der Waals surface area contributed by atoms with Crippen LogP contribution in [0.3, 0.4) is 0 Å². The zero-order valence-corrected chi connectivity index (χ0v) is 16.5. The van der Waals surface area contributed by atoms with Crippen molar-refractivity contribution in [2.75, 3.05) is 12.9 Å².